The van der Waals surface area contributed by atoms with Crippen LogP contribution < -0.4 is 5.32 Å². The molecule has 0 radical (unpaired) electrons. The molecule has 1 aliphatic rings. The van der Waals surface area contributed by atoms with E-state index >= 15 is 0 Å². The lowest BCUT2D eigenvalue weighted by atomic mass is 9.94. The highest BCUT2D eigenvalue weighted by atomic mass is 32.1. The molecule has 0 aliphatic carbocycles. The second kappa shape index (κ2) is 37.5. The molecule has 10 heteroatoms. The van der Waals surface area contributed by atoms with Gasteiger partial charge in [0.2, 0.25) is 11.8 Å². The van der Waals surface area contributed by atoms with Gasteiger partial charge in [0, 0.05) is 30.8 Å². The molecule has 0 saturated heterocycles. The molecule has 0 bridgehead atoms. The molecular formula is C53H93N3O6S. The van der Waals surface area contributed by atoms with E-state index in [4.69, 9.17) is 9.47 Å². The van der Waals surface area contributed by atoms with Crippen LogP contribution in [0.3, 0.4) is 0 Å². The molecular weight excluding hydrogens is 807 g/mol. The summed E-state index contributed by atoms with van der Waals surface area (Å²) in [7, 11) is 3.98. The molecule has 1 aromatic heterocycles. The second-order valence-electron chi connectivity index (χ2n) is 18.5. The number of amides is 2. The number of hydrogen-bond acceptors (Lipinski definition) is 8. The van der Waals surface area contributed by atoms with Crippen LogP contribution in [0.15, 0.2) is 12.2 Å². The van der Waals surface area contributed by atoms with Gasteiger partial charge in [-0.25, -0.2) is 4.79 Å². The fraction of sp³-hybridized carbons (Fsp3) is 0.811. The van der Waals surface area contributed by atoms with Crippen molar-refractivity contribution in [3.05, 3.63) is 28.2 Å². The normalized spacial score (nSPS) is 13.1. The van der Waals surface area contributed by atoms with Gasteiger partial charge in [-0.2, -0.15) is 0 Å². The van der Waals surface area contributed by atoms with Gasteiger partial charge in [-0.3, -0.25) is 14.4 Å². The minimum Gasteiger partial charge on any atom is -0.465 e. The first-order valence-corrected chi connectivity index (χ1v) is 26.9. The van der Waals surface area contributed by atoms with E-state index in [2.05, 4.69) is 43.1 Å². The number of carbonyl (C=O) groups is 4. The van der Waals surface area contributed by atoms with Gasteiger partial charge in [0.15, 0.2) is 0 Å². The number of allylic oxidation sites excluding steroid dienone is 2. The van der Waals surface area contributed by atoms with Gasteiger partial charge in [-0.15, -0.1) is 11.3 Å². The number of anilines is 1. The highest BCUT2D eigenvalue weighted by molar-refractivity contribution is 7.17. The molecule has 0 saturated carbocycles. The fourth-order valence-electron chi connectivity index (χ4n) is 8.46. The standard InChI is InChI=1S/C53H93N3O6S/c1-6-9-12-15-17-18-19-20-21-22-23-24-25-27-32-38-49(58)56-41-39-46-47(44-56)63-51(50(46)53(60)62-43-34-40-55(4)5)54-48(57)37-31-28-33-42-61-52(59)45(35-29-14-11-8-3)36-30-26-16-13-10-7-2/h20-21,45H,6-19,22-44H2,1-5H3,(H,54,57)/b21-20-. The quantitative estimate of drug-likeness (QED) is 0.0397. The van der Waals surface area contributed by atoms with E-state index in [1.165, 1.54) is 120 Å². The number of ether oxygens (including phenoxy) is 2. The molecule has 0 spiro atoms. The van der Waals surface area contributed by atoms with E-state index in [1.54, 1.807) is 0 Å². The summed E-state index contributed by atoms with van der Waals surface area (Å²) >= 11 is 1.41. The first-order chi connectivity index (χ1) is 30.7. The molecule has 0 fully saturated rings. The summed E-state index contributed by atoms with van der Waals surface area (Å²) in [6.07, 6.45) is 38.8. The monoisotopic (exact) mass is 900 g/mol. The Morgan fingerprint density at radius 2 is 1.17 bits per heavy atom. The van der Waals surface area contributed by atoms with E-state index < -0.39 is 5.97 Å². The largest absolute Gasteiger partial charge is 0.465 e. The third-order valence-electron chi connectivity index (χ3n) is 12.4. The lowest BCUT2D eigenvalue weighted by Gasteiger charge is -2.27. The maximum atomic E-state index is 13.5. The predicted octanol–water partition coefficient (Wildman–Crippen LogP) is 14.2. The lowest BCUT2D eigenvalue weighted by molar-refractivity contribution is -0.149. The van der Waals surface area contributed by atoms with Crippen LogP contribution >= 0.6 is 11.3 Å². The summed E-state index contributed by atoms with van der Waals surface area (Å²) in [5.74, 6) is -0.446. The zero-order chi connectivity index (χ0) is 45.8. The Labute approximate surface area is 389 Å². The molecule has 1 aliphatic heterocycles. The van der Waals surface area contributed by atoms with E-state index in [-0.39, 0.29) is 23.7 Å². The van der Waals surface area contributed by atoms with Crippen LogP contribution in [0.5, 0.6) is 0 Å². The smallest absolute Gasteiger partial charge is 0.341 e. The molecule has 2 rings (SSSR count). The van der Waals surface area contributed by atoms with Crippen LogP contribution in [-0.2, 0) is 36.8 Å². The van der Waals surface area contributed by atoms with Crippen molar-refractivity contribution in [1.82, 2.24) is 9.80 Å². The zero-order valence-corrected chi connectivity index (χ0v) is 42.0. The number of fused-ring (bicyclic) bond motifs is 1. The van der Waals surface area contributed by atoms with E-state index in [0.29, 0.717) is 62.6 Å². The number of carbonyl (C=O) groups excluding carboxylic acids is 4. The molecule has 1 unspecified atom stereocenters. The molecule has 362 valence electrons. The summed E-state index contributed by atoms with van der Waals surface area (Å²) in [5.41, 5.74) is 1.36. The molecule has 2 heterocycles. The summed E-state index contributed by atoms with van der Waals surface area (Å²) in [4.78, 5) is 58.1. The highest BCUT2D eigenvalue weighted by Crippen LogP contribution is 2.38. The molecule has 63 heavy (non-hydrogen) atoms. The number of esters is 2. The molecule has 2 amide bonds. The Kier molecular flexibility index (Phi) is 33.6. The number of rotatable bonds is 40. The summed E-state index contributed by atoms with van der Waals surface area (Å²) in [6.45, 7) is 9.22. The van der Waals surface area contributed by atoms with Crippen LogP contribution in [0.2, 0.25) is 0 Å². The highest BCUT2D eigenvalue weighted by Gasteiger charge is 2.31. The van der Waals surface area contributed by atoms with Gasteiger partial charge in [0.05, 0.1) is 31.2 Å². The van der Waals surface area contributed by atoms with E-state index in [0.717, 1.165) is 87.6 Å². The summed E-state index contributed by atoms with van der Waals surface area (Å²) in [5, 5.41) is 3.58. The van der Waals surface area contributed by atoms with E-state index in [1.807, 2.05) is 19.0 Å². The van der Waals surface area contributed by atoms with Crippen molar-refractivity contribution in [2.75, 3.05) is 45.7 Å². The minimum absolute atomic E-state index is 0.00788. The van der Waals surface area contributed by atoms with Crippen LogP contribution in [0.1, 0.15) is 241 Å². The summed E-state index contributed by atoms with van der Waals surface area (Å²) < 4.78 is 11.5. The third kappa shape index (κ3) is 26.7. The first-order valence-electron chi connectivity index (χ1n) is 26.1. The number of thiophene rings is 1. The van der Waals surface area contributed by atoms with Crippen LogP contribution in [0, 0.1) is 5.92 Å². The van der Waals surface area contributed by atoms with Gasteiger partial charge in [-0.05, 0) is 96.7 Å². The van der Waals surface area contributed by atoms with Crippen LogP contribution in [0.4, 0.5) is 5.00 Å². The van der Waals surface area contributed by atoms with Crippen molar-refractivity contribution < 1.29 is 28.7 Å². The summed E-state index contributed by atoms with van der Waals surface area (Å²) in [6, 6.07) is 0. The third-order valence-corrected chi connectivity index (χ3v) is 13.6. The molecule has 1 atom stereocenters. The van der Waals surface area contributed by atoms with Crippen molar-refractivity contribution in [2.45, 2.75) is 233 Å². The average Bonchev–Trinajstić information content (AvgIpc) is 3.63. The first kappa shape index (κ1) is 56.4. The average molecular weight is 900 g/mol. The van der Waals surface area contributed by atoms with Crippen molar-refractivity contribution in [3.8, 4) is 0 Å². The molecule has 1 aromatic rings. The molecule has 1 N–H and O–H groups in total. The SMILES string of the molecule is CCCCCCCC/C=C\CCCCCCCC(=O)N1CCc2c(sc(NC(=O)CCCCCOC(=O)C(CCCCCC)CCCCCCCC)c2C(=O)OCCCN(C)C)C1. The van der Waals surface area contributed by atoms with Gasteiger partial charge in [0.1, 0.15) is 5.00 Å². The Balaban J connectivity index is 1.82. The minimum atomic E-state index is -0.406. The topological polar surface area (TPSA) is 105 Å². The Hall–Kier alpha value is -2.72. The van der Waals surface area contributed by atoms with Crippen molar-refractivity contribution >= 4 is 40.1 Å². The van der Waals surface area contributed by atoms with Crippen LogP contribution in [0.25, 0.3) is 0 Å². The van der Waals surface area contributed by atoms with Crippen molar-refractivity contribution in [2.24, 2.45) is 5.92 Å². The van der Waals surface area contributed by atoms with Crippen molar-refractivity contribution in [1.29, 1.82) is 0 Å². The maximum Gasteiger partial charge on any atom is 0.341 e. The second-order valence-corrected chi connectivity index (χ2v) is 19.6. The maximum absolute atomic E-state index is 13.5. The van der Waals surface area contributed by atoms with E-state index in [9.17, 15) is 19.2 Å². The number of nitrogens with one attached hydrogen (secondary N) is 1. The fourth-order valence-corrected chi connectivity index (χ4v) is 9.72. The number of nitrogens with zero attached hydrogens (tertiary/aromatic N) is 2. The number of unbranched alkanes of at least 4 members (excludes halogenated alkanes) is 21. The van der Waals surface area contributed by atoms with Crippen LogP contribution in [-0.4, -0.2) is 74.0 Å². The van der Waals surface area contributed by atoms with Gasteiger partial charge < -0.3 is 24.6 Å². The molecule has 0 aromatic carbocycles. The Bertz CT molecular complexity index is 1390. The Morgan fingerprint density at radius 1 is 0.651 bits per heavy atom. The van der Waals surface area contributed by atoms with Gasteiger partial charge >= 0.3 is 11.9 Å². The molecule has 9 nitrogen and oxygen atoms in total. The number of hydrogen-bond donors (Lipinski definition) is 1. The predicted molar refractivity (Wildman–Crippen MR) is 265 cm³/mol. The Morgan fingerprint density at radius 3 is 1.79 bits per heavy atom. The van der Waals surface area contributed by atoms with Crippen molar-refractivity contribution in [3.63, 3.8) is 0 Å². The lowest BCUT2D eigenvalue weighted by Crippen LogP contribution is -2.35. The van der Waals surface area contributed by atoms with Gasteiger partial charge in [0.25, 0.3) is 0 Å². The van der Waals surface area contributed by atoms with Gasteiger partial charge in [-0.1, -0.05) is 148 Å². The zero-order valence-electron chi connectivity index (χ0n) is 41.1.